The molecule has 0 aliphatic carbocycles. The van der Waals surface area contributed by atoms with E-state index in [1.165, 1.54) is 0 Å². The van der Waals surface area contributed by atoms with Gasteiger partial charge in [0.2, 0.25) is 0 Å². The van der Waals surface area contributed by atoms with Crippen molar-refractivity contribution in [2.75, 3.05) is 26.9 Å². The first-order valence-electron chi connectivity index (χ1n) is 7.40. The number of nitrogens with one attached hydrogen (secondary N) is 1. The van der Waals surface area contributed by atoms with Gasteiger partial charge in [0.1, 0.15) is 0 Å². The van der Waals surface area contributed by atoms with Crippen LogP contribution in [-0.4, -0.2) is 33.0 Å². The summed E-state index contributed by atoms with van der Waals surface area (Å²) in [4.78, 5) is 0. The zero-order valence-electron chi connectivity index (χ0n) is 13.4. The van der Waals surface area contributed by atoms with Gasteiger partial charge in [-0.3, -0.25) is 0 Å². The third-order valence-corrected chi connectivity index (χ3v) is 3.63. The van der Waals surface area contributed by atoms with Crippen LogP contribution in [0.3, 0.4) is 0 Å². The van der Waals surface area contributed by atoms with Crippen LogP contribution < -0.4 is 14.8 Å². The average molecular weight is 360 g/mol. The lowest BCUT2D eigenvalue weighted by Crippen LogP contribution is -2.18. The number of rotatable bonds is 10. The second-order valence-electron chi connectivity index (χ2n) is 4.95. The molecule has 0 bridgehead atoms. The van der Waals surface area contributed by atoms with Crippen LogP contribution in [0.15, 0.2) is 16.6 Å². The van der Waals surface area contributed by atoms with Gasteiger partial charge in [0.05, 0.1) is 13.2 Å². The molecule has 0 spiro atoms. The van der Waals surface area contributed by atoms with E-state index < -0.39 is 0 Å². The molecule has 0 heterocycles. The summed E-state index contributed by atoms with van der Waals surface area (Å²) < 4.78 is 17.7. The molecule has 5 heteroatoms. The van der Waals surface area contributed by atoms with Crippen molar-refractivity contribution in [2.24, 2.45) is 0 Å². The SMILES string of the molecule is CCOCCCNCc1c(Br)ccc(OC)c1OC(C)C. The Kier molecular flexibility index (Phi) is 8.73. The number of halogens is 1. The molecule has 4 nitrogen and oxygen atoms in total. The van der Waals surface area contributed by atoms with Crippen molar-refractivity contribution in [3.8, 4) is 11.5 Å². The van der Waals surface area contributed by atoms with Gasteiger partial charge < -0.3 is 19.5 Å². The van der Waals surface area contributed by atoms with Gasteiger partial charge >= 0.3 is 0 Å². The van der Waals surface area contributed by atoms with Crippen molar-refractivity contribution in [3.05, 3.63) is 22.2 Å². The third-order valence-electron chi connectivity index (χ3n) is 2.89. The Morgan fingerprint density at radius 1 is 1.29 bits per heavy atom. The molecule has 0 atom stereocenters. The van der Waals surface area contributed by atoms with Crippen molar-refractivity contribution in [1.29, 1.82) is 0 Å². The van der Waals surface area contributed by atoms with Crippen molar-refractivity contribution < 1.29 is 14.2 Å². The Labute approximate surface area is 136 Å². The molecule has 1 rings (SSSR count). The van der Waals surface area contributed by atoms with Gasteiger partial charge in [-0.15, -0.1) is 0 Å². The van der Waals surface area contributed by atoms with Crippen LogP contribution in [0.5, 0.6) is 11.5 Å². The van der Waals surface area contributed by atoms with Crippen LogP contribution in [-0.2, 0) is 11.3 Å². The van der Waals surface area contributed by atoms with E-state index >= 15 is 0 Å². The standard InChI is InChI=1S/C16H26BrNO3/c1-5-20-10-6-9-18-11-13-14(17)7-8-15(19-4)16(13)21-12(2)3/h7-8,12,18H,5-6,9-11H2,1-4H3. The van der Waals surface area contributed by atoms with E-state index in [-0.39, 0.29) is 6.10 Å². The maximum absolute atomic E-state index is 5.92. The Balaban J connectivity index is 2.70. The highest BCUT2D eigenvalue weighted by atomic mass is 79.9. The molecule has 1 aromatic carbocycles. The maximum Gasteiger partial charge on any atom is 0.167 e. The number of benzene rings is 1. The summed E-state index contributed by atoms with van der Waals surface area (Å²) >= 11 is 3.59. The number of ether oxygens (including phenoxy) is 3. The van der Waals surface area contributed by atoms with Gasteiger partial charge in [0, 0.05) is 29.8 Å². The van der Waals surface area contributed by atoms with Crippen LogP contribution in [0, 0.1) is 0 Å². The lowest BCUT2D eigenvalue weighted by atomic mass is 10.1. The minimum absolute atomic E-state index is 0.102. The summed E-state index contributed by atoms with van der Waals surface area (Å²) in [5, 5.41) is 3.42. The number of methoxy groups -OCH3 is 1. The lowest BCUT2D eigenvalue weighted by molar-refractivity contribution is 0.144. The van der Waals surface area contributed by atoms with E-state index in [2.05, 4.69) is 21.2 Å². The lowest BCUT2D eigenvalue weighted by Gasteiger charge is -2.19. The summed E-state index contributed by atoms with van der Waals surface area (Å²) in [6.07, 6.45) is 1.10. The second kappa shape index (κ2) is 10.0. The Morgan fingerprint density at radius 3 is 2.67 bits per heavy atom. The Morgan fingerprint density at radius 2 is 2.05 bits per heavy atom. The minimum atomic E-state index is 0.102. The van der Waals surface area contributed by atoms with Crippen LogP contribution in [0.25, 0.3) is 0 Å². The first-order chi connectivity index (χ1) is 10.1. The fourth-order valence-electron chi connectivity index (χ4n) is 1.93. The molecule has 1 aromatic rings. The van der Waals surface area contributed by atoms with Gasteiger partial charge in [0.25, 0.3) is 0 Å². The first-order valence-corrected chi connectivity index (χ1v) is 8.19. The van der Waals surface area contributed by atoms with Crippen LogP contribution >= 0.6 is 15.9 Å². The van der Waals surface area contributed by atoms with E-state index in [1.807, 2.05) is 32.9 Å². The fourth-order valence-corrected chi connectivity index (χ4v) is 2.38. The summed E-state index contributed by atoms with van der Waals surface area (Å²) in [5.41, 5.74) is 1.08. The largest absolute Gasteiger partial charge is 0.493 e. The van der Waals surface area contributed by atoms with Crippen LogP contribution in [0.1, 0.15) is 32.8 Å². The summed E-state index contributed by atoms with van der Waals surface area (Å²) in [5.74, 6) is 1.57. The molecule has 1 N–H and O–H groups in total. The summed E-state index contributed by atoms with van der Waals surface area (Å²) in [6.45, 7) is 9.23. The first kappa shape index (κ1) is 18.3. The molecule has 0 saturated heterocycles. The second-order valence-corrected chi connectivity index (χ2v) is 5.81. The van der Waals surface area contributed by atoms with E-state index in [9.17, 15) is 0 Å². The number of hydrogen-bond acceptors (Lipinski definition) is 4. The van der Waals surface area contributed by atoms with Gasteiger partial charge in [0.15, 0.2) is 11.5 Å². The van der Waals surface area contributed by atoms with Crippen LogP contribution in [0.2, 0.25) is 0 Å². The highest BCUT2D eigenvalue weighted by molar-refractivity contribution is 9.10. The van der Waals surface area contributed by atoms with E-state index in [4.69, 9.17) is 14.2 Å². The van der Waals surface area contributed by atoms with Crippen molar-refractivity contribution in [2.45, 2.75) is 39.8 Å². The number of hydrogen-bond donors (Lipinski definition) is 1. The monoisotopic (exact) mass is 359 g/mol. The highest BCUT2D eigenvalue weighted by Crippen LogP contribution is 2.36. The molecule has 120 valence electrons. The summed E-state index contributed by atoms with van der Waals surface area (Å²) in [6, 6.07) is 3.91. The average Bonchev–Trinajstić information content (AvgIpc) is 2.45. The molecule has 0 aliphatic heterocycles. The molecular formula is C16H26BrNO3. The van der Waals surface area contributed by atoms with Gasteiger partial charge in [-0.2, -0.15) is 0 Å². The molecular weight excluding hydrogens is 334 g/mol. The zero-order valence-corrected chi connectivity index (χ0v) is 15.0. The Hall–Kier alpha value is -0.780. The van der Waals surface area contributed by atoms with Gasteiger partial charge in [-0.25, -0.2) is 0 Å². The van der Waals surface area contributed by atoms with Crippen molar-refractivity contribution in [1.82, 2.24) is 5.32 Å². The van der Waals surface area contributed by atoms with Crippen molar-refractivity contribution >= 4 is 15.9 Å². The zero-order chi connectivity index (χ0) is 15.7. The minimum Gasteiger partial charge on any atom is -0.493 e. The molecule has 0 fully saturated rings. The summed E-state index contributed by atoms with van der Waals surface area (Å²) in [7, 11) is 1.66. The molecule has 21 heavy (non-hydrogen) atoms. The van der Waals surface area contributed by atoms with Crippen LogP contribution in [0.4, 0.5) is 0 Å². The maximum atomic E-state index is 5.92. The van der Waals surface area contributed by atoms with E-state index in [1.54, 1.807) is 7.11 Å². The highest BCUT2D eigenvalue weighted by Gasteiger charge is 2.15. The van der Waals surface area contributed by atoms with Gasteiger partial charge in [-0.1, -0.05) is 15.9 Å². The molecule has 0 aliphatic rings. The van der Waals surface area contributed by atoms with Gasteiger partial charge in [-0.05, 0) is 45.9 Å². The normalized spacial score (nSPS) is 11.0. The third kappa shape index (κ3) is 6.24. The molecule has 0 aromatic heterocycles. The topological polar surface area (TPSA) is 39.7 Å². The molecule has 0 amide bonds. The molecule has 0 radical (unpaired) electrons. The predicted molar refractivity (Wildman–Crippen MR) is 89.3 cm³/mol. The predicted octanol–water partition coefficient (Wildman–Crippen LogP) is 3.76. The molecule has 0 unspecified atom stereocenters. The van der Waals surface area contributed by atoms with E-state index in [0.29, 0.717) is 0 Å². The van der Waals surface area contributed by atoms with Crippen molar-refractivity contribution in [3.63, 3.8) is 0 Å². The Bertz CT molecular complexity index is 424. The fraction of sp³-hybridized carbons (Fsp3) is 0.625. The quantitative estimate of drug-likeness (QED) is 0.645. The van der Waals surface area contributed by atoms with E-state index in [0.717, 1.165) is 54.3 Å². The molecule has 0 saturated carbocycles. The smallest absolute Gasteiger partial charge is 0.167 e.